The Bertz CT molecular complexity index is 731. The van der Waals surface area contributed by atoms with E-state index in [1.54, 1.807) is 30.3 Å². The maximum Gasteiger partial charge on any atom is 0.412 e. The first-order valence-corrected chi connectivity index (χ1v) is 7.93. The Morgan fingerprint density at radius 3 is 2.68 bits per heavy atom. The molecule has 0 aromatic heterocycles. The average Bonchev–Trinajstić information content (AvgIpc) is 3.07. The second-order valence-corrected chi connectivity index (χ2v) is 5.54. The van der Waals surface area contributed by atoms with Crippen LogP contribution in [-0.2, 0) is 4.74 Å². The first-order chi connectivity index (χ1) is 12.2. The summed E-state index contributed by atoms with van der Waals surface area (Å²) in [5.74, 6) is 1.33. The van der Waals surface area contributed by atoms with Crippen molar-refractivity contribution in [2.45, 2.75) is 18.9 Å². The number of benzene rings is 2. The van der Waals surface area contributed by atoms with Crippen LogP contribution in [0.4, 0.5) is 10.5 Å². The van der Waals surface area contributed by atoms with Crippen molar-refractivity contribution < 1.29 is 29.2 Å². The zero-order chi connectivity index (χ0) is 17.6. The van der Waals surface area contributed by atoms with Crippen molar-refractivity contribution >= 4 is 11.8 Å². The Balaban J connectivity index is 1.66. The Labute approximate surface area is 144 Å². The molecule has 132 valence electrons. The van der Waals surface area contributed by atoms with Crippen LogP contribution in [0.2, 0.25) is 0 Å². The molecule has 2 aromatic rings. The molecule has 0 unspecified atom stereocenters. The number of phenols is 1. The number of phenolic OH excluding ortho intramolecular Hbond substituents is 1. The average molecular weight is 345 g/mol. The van der Waals surface area contributed by atoms with Gasteiger partial charge in [0.05, 0.1) is 0 Å². The van der Waals surface area contributed by atoms with Crippen LogP contribution in [-0.4, -0.2) is 29.7 Å². The fourth-order valence-corrected chi connectivity index (χ4v) is 2.51. The van der Waals surface area contributed by atoms with Gasteiger partial charge in [0, 0.05) is 18.4 Å². The molecule has 1 heterocycles. The standard InChI is InChI=1S/C18H19NO6/c20-9-1-2-15(12-3-6-14(21)7-4-12)25-18(22)19-13-5-8-16-17(10-13)24-11-23-16/h3-8,10,15,20-21H,1-2,9,11H2,(H,19,22)/t15-/m0/s1. The number of carbonyl (C=O) groups excluding carboxylic acids is 1. The van der Waals surface area contributed by atoms with Gasteiger partial charge in [-0.2, -0.15) is 0 Å². The molecule has 3 N–H and O–H groups in total. The molecule has 1 amide bonds. The minimum absolute atomic E-state index is 0.00171. The first kappa shape index (κ1) is 16.9. The van der Waals surface area contributed by atoms with Crippen molar-refractivity contribution in [3.05, 3.63) is 48.0 Å². The minimum Gasteiger partial charge on any atom is -0.508 e. The van der Waals surface area contributed by atoms with Gasteiger partial charge in [-0.3, -0.25) is 5.32 Å². The van der Waals surface area contributed by atoms with Crippen molar-refractivity contribution in [1.82, 2.24) is 0 Å². The lowest BCUT2D eigenvalue weighted by Gasteiger charge is -2.18. The van der Waals surface area contributed by atoms with Crippen molar-refractivity contribution in [1.29, 1.82) is 0 Å². The van der Waals surface area contributed by atoms with Gasteiger partial charge in [0.1, 0.15) is 11.9 Å². The van der Waals surface area contributed by atoms with Gasteiger partial charge in [-0.05, 0) is 42.7 Å². The number of carbonyl (C=O) groups is 1. The molecular weight excluding hydrogens is 326 g/mol. The fraction of sp³-hybridized carbons (Fsp3) is 0.278. The van der Waals surface area contributed by atoms with E-state index in [0.717, 1.165) is 5.56 Å². The van der Waals surface area contributed by atoms with Crippen molar-refractivity contribution in [2.24, 2.45) is 0 Å². The van der Waals surface area contributed by atoms with Gasteiger partial charge in [-0.15, -0.1) is 0 Å². The molecule has 0 bridgehead atoms. The number of ether oxygens (including phenoxy) is 3. The summed E-state index contributed by atoms with van der Waals surface area (Å²) in [6.07, 6.45) is -0.185. The van der Waals surface area contributed by atoms with Gasteiger partial charge in [0.2, 0.25) is 6.79 Å². The molecule has 2 aromatic carbocycles. The first-order valence-electron chi connectivity index (χ1n) is 7.93. The largest absolute Gasteiger partial charge is 0.508 e. The third-order valence-electron chi connectivity index (χ3n) is 3.76. The van der Waals surface area contributed by atoms with Gasteiger partial charge < -0.3 is 24.4 Å². The maximum absolute atomic E-state index is 12.2. The van der Waals surface area contributed by atoms with Crippen LogP contribution in [0.25, 0.3) is 0 Å². The molecular formula is C18H19NO6. The summed E-state index contributed by atoms with van der Waals surface area (Å²) in [4.78, 5) is 12.2. The molecule has 3 rings (SSSR count). The van der Waals surface area contributed by atoms with Crippen LogP contribution in [0, 0.1) is 0 Å². The lowest BCUT2D eigenvalue weighted by atomic mass is 10.0. The number of hydrogen-bond acceptors (Lipinski definition) is 6. The Morgan fingerprint density at radius 2 is 1.92 bits per heavy atom. The maximum atomic E-state index is 12.2. The van der Waals surface area contributed by atoms with Gasteiger partial charge in [0.25, 0.3) is 0 Å². The van der Waals surface area contributed by atoms with Gasteiger partial charge in [-0.1, -0.05) is 12.1 Å². The number of aliphatic hydroxyl groups excluding tert-OH is 1. The Kier molecular flexibility index (Phi) is 5.25. The quantitative estimate of drug-likeness (QED) is 0.744. The second-order valence-electron chi connectivity index (χ2n) is 5.54. The van der Waals surface area contributed by atoms with E-state index in [9.17, 15) is 9.90 Å². The van der Waals surface area contributed by atoms with Crippen LogP contribution in [0.15, 0.2) is 42.5 Å². The smallest absolute Gasteiger partial charge is 0.412 e. The molecule has 0 saturated heterocycles. The van der Waals surface area contributed by atoms with Crippen LogP contribution in [0.5, 0.6) is 17.2 Å². The molecule has 0 aliphatic carbocycles. The Hall–Kier alpha value is -2.93. The number of fused-ring (bicyclic) bond motifs is 1. The van der Waals surface area contributed by atoms with Gasteiger partial charge >= 0.3 is 6.09 Å². The predicted octanol–water partition coefficient (Wildman–Crippen LogP) is 3.18. The van der Waals surface area contributed by atoms with E-state index in [-0.39, 0.29) is 19.1 Å². The summed E-state index contributed by atoms with van der Waals surface area (Å²) in [6, 6.07) is 11.5. The van der Waals surface area contributed by atoms with E-state index < -0.39 is 12.2 Å². The molecule has 25 heavy (non-hydrogen) atoms. The minimum atomic E-state index is -0.616. The SMILES string of the molecule is O=C(Nc1ccc2c(c1)OCO2)O[C@@H](CCCO)c1ccc(O)cc1. The molecule has 0 saturated carbocycles. The third kappa shape index (κ3) is 4.33. The summed E-state index contributed by atoms with van der Waals surface area (Å²) in [7, 11) is 0. The summed E-state index contributed by atoms with van der Waals surface area (Å²) in [5, 5.41) is 21.1. The van der Waals surface area contributed by atoms with Crippen molar-refractivity contribution in [3.63, 3.8) is 0 Å². The van der Waals surface area contributed by atoms with E-state index in [4.69, 9.17) is 19.3 Å². The molecule has 0 radical (unpaired) electrons. The van der Waals surface area contributed by atoms with E-state index in [1.807, 2.05) is 0 Å². The number of aromatic hydroxyl groups is 1. The predicted molar refractivity (Wildman–Crippen MR) is 89.8 cm³/mol. The van der Waals surface area contributed by atoms with Crippen LogP contribution >= 0.6 is 0 Å². The molecule has 1 atom stereocenters. The number of rotatable bonds is 6. The highest BCUT2D eigenvalue weighted by molar-refractivity contribution is 5.85. The van der Waals surface area contributed by atoms with Crippen LogP contribution < -0.4 is 14.8 Å². The van der Waals surface area contributed by atoms with E-state index in [2.05, 4.69) is 5.32 Å². The lowest BCUT2D eigenvalue weighted by Crippen LogP contribution is -2.18. The molecule has 1 aliphatic heterocycles. The number of aliphatic hydroxyl groups is 1. The molecule has 1 aliphatic rings. The highest BCUT2D eigenvalue weighted by atomic mass is 16.7. The van der Waals surface area contributed by atoms with Gasteiger partial charge in [-0.25, -0.2) is 4.79 Å². The van der Waals surface area contributed by atoms with E-state index in [1.165, 1.54) is 12.1 Å². The molecule has 0 fully saturated rings. The molecule has 0 spiro atoms. The molecule has 7 heteroatoms. The number of nitrogens with one attached hydrogen (secondary N) is 1. The summed E-state index contributed by atoms with van der Waals surface area (Å²) < 4.78 is 16.0. The highest BCUT2D eigenvalue weighted by Gasteiger charge is 2.18. The van der Waals surface area contributed by atoms with Crippen molar-refractivity contribution in [3.8, 4) is 17.2 Å². The third-order valence-corrected chi connectivity index (χ3v) is 3.76. The van der Waals surface area contributed by atoms with E-state index >= 15 is 0 Å². The van der Waals surface area contributed by atoms with Crippen LogP contribution in [0.1, 0.15) is 24.5 Å². The monoisotopic (exact) mass is 345 g/mol. The second kappa shape index (κ2) is 7.76. The normalized spacial score (nSPS) is 13.3. The number of amides is 1. The Morgan fingerprint density at radius 1 is 1.16 bits per heavy atom. The van der Waals surface area contributed by atoms with E-state index in [0.29, 0.717) is 30.0 Å². The summed E-state index contributed by atoms with van der Waals surface area (Å²) >= 11 is 0. The van der Waals surface area contributed by atoms with Crippen LogP contribution in [0.3, 0.4) is 0 Å². The topological polar surface area (TPSA) is 97.3 Å². The number of anilines is 1. The molecule has 7 nitrogen and oxygen atoms in total. The fourth-order valence-electron chi connectivity index (χ4n) is 2.51. The number of hydrogen-bond donors (Lipinski definition) is 3. The highest BCUT2D eigenvalue weighted by Crippen LogP contribution is 2.34. The lowest BCUT2D eigenvalue weighted by molar-refractivity contribution is 0.0995. The zero-order valence-electron chi connectivity index (χ0n) is 13.5. The van der Waals surface area contributed by atoms with Gasteiger partial charge in [0.15, 0.2) is 11.5 Å². The summed E-state index contributed by atoms with van der Waals surface area (Å²) in [6.45, 7) is 0.162. The van der Waals surface area contributed by atoms with Crippen molar-refractivity contribution in [2.75, 3.05) is 18.7 Å². The zero-order valence-corrected chi connectivity index (χ0v) is 13.5. The summed E-state index contributed by atoms with van der Waals surface area (Å²) in [5.41, 5.74) is 1.27.